The third-order valence-corrected chi connectivity index (χ3v) is 4.08. The van der Waals surface area contributed by atoms with Crippen LogP contribution in [0.3, 0.4) is 0 Å². The van der Waals surface area contributed by atoms with E-state index >= 15 is 0 Å². The van der Waals surface area contributed by atoms with Gasteiger partial charge in [0.25, 0.3) is 11.7 Å². The Morgan fingerprint density at radius 3 is 2.42 bits per heavy atom. The molecule has 0 aromatic carbocycles. The number of nitrogens with one attached hydrogen (secondary N) is 1. The van der Waals surface area contributed by atoms with Gasteiger partial charge in [-0.1, -0.05) is 29.3 Å². The van der Waals surface area contributed by atoms with Crippen molar-refractivity contribution in [2.75, 3.05) is 5.32 Å². The van der Waals surface area contributed by atoms with E-state index in [0.29, 0.717) is 17.6 Å². The van der Waals surface area contributed by atoms with Crippen molar-refractivity contribution in [2.45, 2.75) is 26.5 Å². The van der Waals surface area contributed by atoms with Gasteiger partial charge < -0.3 is 20.5 Å². The number of ketones is 1. The Morgan fingerprint density at radius 1 is 1.29 bits per heavy atom. The molecule has 1 amide bonds. The van der Waals surface area contributed by atoms with Crippen LogP contribution in [0.25, 0.3) is 11.0 Å². The highest BCUT2D eigenvalue weighted by atomic mass is 35.5. The van der Waals surface area contributed by atoms with E-state index in [9.17, 15) is 9.59 Å². The molecule has 3 rings (SSSR count). The number of rotatable bonds is 5. The molecule has 0 saturated heterocycles. The van der Waals surface area contributed by atoms with Gasteiger partial charge in [-0.25, -0.2) is 4.98 Å². The molecule has 0 aliphatic heterocycles. The first kappa shape index (κ1) is 28.5. The maximum atomic E-state index is 12.6. The molecule has 3 heterocycles. The van der Waals surface area contributed by atoms with Crippen molar-refractivity contribution in [3.05, 3.63) is 65.2 Å². The van der Waals surface area contributed by atoms with Crippen molar-refractivity contribution in [3.63, 3.8) is 0 Å². The minimum atomic E-state index is -0.850. The topological polar surface area (TPSA) is 129 Å². The third-order valence-electron chi connectivity index (χ3n) is 3.50. The van der Waals surface area contributed by atoms with E-state index in [1.807, 2.05) is 0 Å². The van der Waals surface area contributed by atoms with Crippen LogP contribution in [-0.4, -0.2) is 42.9 Å². The average Bonchev–Trinajstić information content (AvgIpc) is 3.03. The van der Waals surface area contributed by atoms with E-state index in [4.69, 9.17) is 28.3 Å². The van der Waals surface area contributed by atoms with Gasteiger partial charge in [0.2, 0.25) is 0 Å². The monoisotopic (exact) mass is 488 g/mol. The SMILES string of the molecule is C=CCn1cc(C(=O)C(=O)Nc2c(Cl)cncc2Cl)c2cccnc21.CC(C)O.Cl.O. The zero-order valence-corrected chi connectivity index (χ0v) is 19.1. The maximum Gasteiger partial charge on any atom is 0.296 e. The normalized spacial score (nSPS) is 9.74. The Bertz CT molecular complexity index is 1030. The smallest absolute Gasteiger partial charge is 0.296 e. The van der Waals surface area contributed by atoms with Gasteiger partial charge in [0.1, 0.15) is 5.65 Å². The van der Waals surface area contributed by atoms with Crippen LogP contribution in [0.15, 0.2) is 49.6 Å². The van der Waals surface area contributed by atoms with Gasteiger partial charge in [-0.2, -0.15) is 0 Å². The zero-order chi connectivity index (χ0) is 21.6. The van der Waals surface area contributed by atoms with Crippen LogP contribution in [-0.2, 0) is 11.3 Å². The van der Waals surface area contributed by atoms with Crippen molar-refractivity contribution >= 4 is 64.0 Å². The highest BCUT2D eigenvalue weighted by Gasteiger charge is 2.23. The fraction of sp³-hybridized carbons (Fsp3) is 0.200. The minimum Gasteiger partial charge on any atom is -0.412 e. The number of hydrogen-bond donors (Lipinski definition) is 2. The summed E-state index contributed by atoms with van der Waals surface area (Å²) in [7, 11) is 0. The number of anilines is 1. The molecule has 0 radical (unpaired) electrons. The van der Waals surface area contributed by atoms with Gasteiger partial charge in [0, 0.05) is 42.8 Å². The van der Waals surface area contributed by atoms with Crippen LogP contribution < -0.4 is 5.32 Å². The van der Waals surface area contributed by atoms with Gasteiger partial charge in [-0.15, -0.1) is 19.0 Å². The Hall–Kier alpha value is -2.49. The number of halogens is 3. The van der Waals surface area contributed by atoms with Gasteiger partial charge in [-0.05, 0) is 26.0 Å². The van der Waals surface area contributed by atoms with Gasteiger partial charge in [0.05, 0.1) is 21.3 Å². The summed E-state index contributed by atoms with van der Waals surface area (Å²) in [5.41, 5.74) is 0.979. The molecular weight excluding hydrogens is 467 g/mol. The number of aromatic nitrogens is 3. The Labute approximate surface area is 195 Å². The molecule has 0 fully saturated rings. The second kappa shape index (κ2) is 13.0. The zero-order valence-electron chi connectivity index (χ0n) is 16.8. The van der Waals surface area contributed by atoms with Crippen LogP contribution in [0.5, 0.6) is 0 Å². The predicted octanol–water partition coefficient (Wildman–Crippen LogP) is 3.73. The molecule has 168 valence electrons. The van der Waals surface area contributed by atoms with Crippen molar-refractivity contribution in [3.8, 4) is 0 Å². The van der Waals surface area contributed by atoms with Crippen LogP contribution in [0.1, 0.15) is 24.2 Å². The van der Waals surface area contributed by atoms with E-state index < -0.39 is 11.7 Å². The molecule has 11 heteroatoms. The number of Topliss-reactive ketones (excluding diaryl/α,β-unsaturated/α-hetero) is 1. The number of pyridine rings is 2. The summed E-state index contributed by atoms with van der Waals surface area (Å²) in [4.78, 5) is 33.1. The van der Waals surface area contributed by atoms with E-state index in [2.05, 4.69) is 21.9 Å². The number of carbonyl (C=O) groups is 2. The number of carbonyl (C=O) groups excluding carboxylic acids is 2. The molecule has 0 saturated carbocycles. The second-order valence-corrected chi connectivity index (χ2v) is 7.03. The number of hydrogen-bond acceptors (Lipinski definition) is 5. The van der Waals surface area contributed by atoms with Crippen molar-refractivity contribution in [1.29, 1.82) is 0 Å². The lowest BCUT2D eigenvalue weighted by atomic mass is 10.1. The van der Waals surface area contributed by atoms with Crippen LogP contribution >= 0.6 is 35.6 Å². The van der Waals surface area contributed by atoms with E-state index in [-0.39, 0.29) is 45.3 Å². The van der Waals surface area contributed by atoms with Crippen molar-refractivity contribution in [2.24, 2.45) is 0 Å². The van der Waals surface area contributed by atoms with Crippen molar-refractivity contribution in [1.82, 2.24) is 14.5 Å². The van der Waals surface area contributed by atoms with E-state index in [1.165, 1.54) is 12.4 Å². The van der Waals surface area contributed by atoms with Gasteiger partial charge in [0.15, 0.2) is 0 Å². The highest BCUT2D eigenvalue weighted by Crippen LogP contribution is 2.29. The fourth-order valence-electron chi connectivity index (χ4n) is 2.41. The van der Waals surface area contributed by atoms with E-state index in [0.717, 1.165) is 0 Å². The van der Waals surface area contributed by atoms with Crippen LogP contribution in [0.4, 0.5) is 5.69 Å². The largest absolute Gasteiger partial charge is 0.412 e. The summed E-state index contributed by atoms with van der Waals surface area (Å²) in [5.74, 6) is -1.57. The van der Waals surface area contributed by atoms with Crippen LogP contribution in [0.2, 0.25) is 10.0 Å². The fourth-order valence-corrected chi connectivity index (χ4v) is 2.86. The lowest BCUT2D eigenvalue weighted by Crippen LogP contribution is -2.23. The second-order valence-electron chi connectivity index (χ2n) is 6.21. The summed E-state index contributed by atoms with van der Waals surface area (Å²) in [5, 5.41) is 11.4. The Balaban J connectivity index is 0.00000138. The first-order chi connectivity index (χ1) is 13.8. The minimum absolute atomic E-state index is 0. The first-order valence-electron chi connectivity index (χ1n) is 8.63. The molecule has 0 bridgehead atoms. The summed E-state index contributed by atoms with van der Waals surface area (Å²) in [6.45, 7) is 7.59. The average molecular weight is 490 g/mol. The number of nitrogens with zero attached hydrogens (tertiary/aromatic N) is 3. The number of amides is 1. The number of fused-ring (bicyclic) bond motifs is 1. The molecule has 0 aliphatic carbocycles. The third kappa shape index (κ3) is 7.30. The first-order valence-corrected chi connectivity index (χ1v) is 9.39. The lowest BCUT2D eigenvalue weighted by Gasteiger charge is -2.07. The molecule has 3 aromatic heterocycles. The molecule has 0 aliphatic rings. The molecule has 31 heavy (non-hydrogen) atoms. The molecule has 0 spiro atoms. The molecule has 0 unspecified atom stereocenters. The Morgan fingerprint density at radius 2 is 1.87 bits per heavy atom. The molecule has 3 aromatic rings. The maximum absolute atomic E-state index is 12.6. The summed E-state index contributed by atoms with van der Waals surface area (Å²) in [6.07, 6.45) is 7.36. The van der Waals surface area contributed by atoms with Gasteiger partial charge in [-0.3, -0.25) is 14.6 Å². The van der Waals surface area contributed by atoms with E-state index in [1.54, 1.807) is 49.0 Å². The predicted molar refractivity (Wildman–Crippen MR) is 125 cm³/mol. The molecular formula is C20H23Cl3N4O4. The lowest BCUT2D eigenvalue weighted by molar-refractivity contribution is -0.112. The highest BCUT2D eigenvalue weighted by molar-refractivity contribution is 6.50. The van der Waals surface area contributed by atoms with Crippen LogP contribution in [0, 0.1) is 0 Å². The quantitative estimate of drug-likeness (QED) is 0.320. The number of allylic oxidation sites excluding steroid dienone is 1. The summed E-state index contributed by atoms with van der Waals surface area (Å²) in [6, 6.07) is 3.43. The Kier molecular flexibility index (Phi) is 12.0. The van der Waals surface area contributed by atoms with Gasteiger partial charge >= 0.3 is 0 Å². The van der Waals surface area contributed by atoms with Crippen molar-refractivity contribution < 1.29 is 20.2 Å². The molecule has 0 atom stereocenters. The molecule has 4 N–H and O–H groups in total. The standard InChI is InChI=1S/C17H12Cl2N4O2.C3H8O.ClH.H2O/c1-2-6-23-9-11(10-4-3-5-21-16(10)23)15(24)17(25)22-14-12(18)7-20-8-13(14)19;1-3(2)4;;/h2-5,7-9H,1,6H2,(H,20,22,25);3-4H,1-2H3;1H;1H2. The summed E-state index contributed by atoms with van der Waals surface area (Å²) >= 11 is 11.9. The summed E-state index contributed by atoms with van der Waals surface area (Å²) < 4.78 is 1.75. The number of aliphatic hydroxyl groups is 1. The number of aliphatic hydroxyl groups excluding tert-OH is 1. The molecule has 8 nitrogen and oxygen atoms in total.